The average Bonchev–Trinajstić information content (AvgIpc) is 2.53. The second-order valence-electron chi connectivity index (χ2n) is 4.71. The smallest absolute Gasteiger partial charge is 0.417 e. The fourth-order valence-electron chi connectivity index (χ4n) is 1.77. The first-order valence-electron chi connectivity index (χ1n) is 6.66. The Kier molecular flexibility index (Phi) is 5.18. The highest BCUT2D eigenvalue weighted by Crippen LogP contribution is 2.29. The number of pyridine rings is 1. The zero-order valence-corrected chi connectivity index (χ0v) is 12.2. The van der Waals surface area contributed by atoms with Crippen LogP contribution >= 0.6 is 0 Å². The van der Waals surface area contributed by atoms with Gasteiger partial charge in [-0.25, -0.2) is 4.39 Å². The predicted molar refractivity (Wildman–Crippen MR) is 78.8 cm³/mol. The first-order chi connectivity index (χ1) is 11.3. The average molecular weight is 340 g/mol. The van der Waals surface area contributed by atoms with E-state index in [-0.39, 0.29) is 23.6 Å². The van der Waals surface area contributed by atoms with Gasteiger partial charge in [-0.15, -0.1) is 0 Å². The van der Waals surface area contributed by atoms with E-state index in [1.165, 1.54) is 18.3 Å². The molecule has 126 valence electrons. The van der Waals surface area contributed by atoms with Crippen LogP contribution in [0.5, 0.6) is 5.75 Å². The van der Waals surface area contributed by atoms with E-state index < -0.39 is 23.5 Å². The molecule has 0 saturated heterocycles. The molecule has 0 unspecified atom stereocenters. The lowest BCUT2D eigenvalue weighted by atomic mass is 10.2. The van der Waals surface area contributed by atoms with Crippen molar-refractivity contribution in [1.82, 2.24) is 4.98 Å². The maximum absolute atomic E-state index is 13.9. The number of amides is 1. The fraction of sp³-hybridized carbons (Fsp3) is 0.125. The number of carbonyl (C=O) groups excluding carboxylic acids is 1. The fourth-order valence-corrected chi connectivity index (χ4v) is 1.77. The largest absolute Gasteiger partial charge is 0.486 e. The second-order valence-corrected chi connectivity index (χ2v) is 4.71. The molecule has 0 radical (unpaired) electrons. The van der Waals surface area contributed by atoms with Crippen molar-refractivity contribution in [2.24, 2.45) is 0 Å². The SMILES string of the molecule is C=CC(=O)Nc1ccc(OCc2cncc(C(F)(F)F)c2)c(F)c1. The van der Waals surface area contributed by atoms with Crippen molar-refractivity contribution in [2.75, 3.05) is 5.32 Å². The Morgan fingerprint density at radius 2 is 2.04 bits per heavy atom. The van der Waals surface area contributed by atoms with Crippen LogP contribution in [-0.2, 0) is 17.6 Å². The van der Waals surface area contributed by atoms with E-state index in [4.69, 9.17) is 4.74 Å². The van der Waals surface area contributed by atoms with Crippen molar-refractivity contribution in [2.45, 2.75) is 12.8 Å². The zero-order chi connectivity index (χ0) is 17.7. The summed E-state index contributed by atoms with van der Waals surface area (Å²) < 4.78 is 56.8. The number of carbonyl (C=O) groups is 1. The standard InChI is InChI=1S/C16H12F4N2O2/c1-2-15(23)22-12-3-4-14(13(17)6-12)24-9-10-5-11(8-21-7-10)16(18,19)20/h2-8H,1,9H2,(H,22,23). The van der Waals surface area contributed by atoms with E-state index in [1.807, 2.05) is 0 Å². The van der Waals surface area contributed by atoms with Crippen LogP contribution in [0, 0.1) is 5.82 Å². The summed E-state index contributed by atoms with van der Waals surface area (Å²) >= 11 is 0. The van der Waals surface area contributed by atoms with Gasteiger partial charge in [-0.2, -0.15) is 13.2 Å². The molecule has 2 rings (SSSR count). The number of hydrogen-bond acceptors (Lipinski definition) is 3. The van der Waals surface area contributed by atoms with Gasteiger partial charge in [0.2, 0.25) is 5.91 Å². The van der Waals surface area contributed by atoms with Gasteiger partial charge in [0.15, 0.2) is 11.6 Å². The molecule has 1 amide bonds. The van der Waals surface area contributed by atoms with Crippen LogP contribution in [0.1, 0.15) is 11.1 Å². The van der Waals surface area contributed by atoms with Crippen LogP contribution < -0.4 is 10.1 Å². The van der Waals surface area contributed by atoms with Gasteiger partial charge in [-0.3, -0.25) is 9.78 Å². The minimum absolute atomic E-state index is 0.147. The molecule has 1 aromatic heterocycles. The van der Waals surface area contributed by atoms with E-state index in [0.717, 1.165) is 18.2 Å². The molecule has 0 spiro atoms. The molecule has 24 heavy (non-hydrogen) atoms. The number of anilines is 1. The zero-order valence-electron chi connectivity index (χ0n) is 12.2. The van der Waals surface area contributed by atoms with Crippen molar-refractivity contribution >= 4 is 11.6 Å². The first kappa shape index (κ1) is 17.5. The Balaban J connectivity index is 2.07. The number of nitrogens with one attached hydrogen (secondary N) is 1. The highest BCUT2D eigenvalue weighted by Gasteiger charge is 2.31. The second kappa shape index (κ2) is 7.12. The number of alkyl halides is 3. The number of hydrogen-bond donors (Lipinski definition) is 1. The van der Waals surface area contributed by atoms with E-state index in [0.29, 0.717) is 6.20 Å². The summed E-state index contributed by atoms with van der Waals surface area (Å²) in [6.07, 6.45) is -1.59. The lowest BCUT2D eigenvalue weighted by Gasteiger charge is -2.11. The third-order valence-corrected chi connectivity index (χ3v) is 2.90. The monoisotopic (exact) mass is 340 g/mol. The Morgan fingerprint density at radius 1 is 1.29 bits per heavy atom. The number of benzene rings is 1. The molecular formula is C16H12F4N2O2. The number of rotatable bonds is 5. The van der Waals surface area contributed by atoms with Gasteiger partial charge >= 0.3 is 6.18 Å². The molecule has 0 fully saturated rings. The van der Waals surface area contributed by atoms with Gasteiger partial charge in [-0.1, -0.05) is 6.58 Å². The molecule has 1 heterocycles. The van der Waals surface area contributed by atoms with Crippen molar-refractivity contribution in [3.05, 3.63) is 66.3 Å². The summed E-state index contributed by atoms with van der Waals surface area (Å²) in [7, 11) is 0. The molecular weight excluding hydrogens is 328 g/mol. The van der Waals surface area contributed by atoms with Gasteiger partial charge in [0.1, 0.15) is 6.61 Å². The van der Waals surface area contributed by atoms with Gasteiger partial charge in [0.05, 0.1) is 5.56 Å². The number of halogens is 4. The summed E-state index contributed by atoms with van der Waals surface area (Å²) in [6, 6.07) is 4.56. The van der Waals surface area contributed by atoms with Crippen LogP contribution in [-0.4, -0.2) is 10.9 Å². The lowest BCUT2D eigenvalue weighted by Crippen LogP contribution is -2.08. The number of ether oxygens (including phenoxy) is 1. The molecule has 2 aromatic rings. The normalized spacial score (nSPS) is 11.0. The Bertz CT molecular complexity index is 760. The van der Waals surface area contributed by atoms with Crippen molar-refractivity contribution < 1.29 is 27.1 Å². The predicted octanol–water partition coefficient (Wildman–Crippen LogP) is 3.94. The van der Waals surface area contributed by atoms with Gasteiger partial charge in [0, 0.05) is 29.7 Å². The topological polar surface area (TPSA) is 51.2 Å². The molecule has 0 saturated carbocycles. The number of aromatic nitrogens is 1. The Labute approximate surface area is 134 Å². The third-order valence-electron chi connectivity index (χ3n) is 2.90. The maximum Gasteiger partial charge on any atom is 0.417 e. The van der Waals surface area contributed by atoms with E-state index >= 15 is 0 Å². The van der Waals surface area contributed by atoms with Gasteiger partial charge < -0.3 is 10.1 Å². The molecule has 8 heteroatoms. The summed E-state index contributed by atoms with van der Waals surface area (Å²) in [4.78, 5) is 14.6. The molecule has 4 nitrogen and oxygen atoms in total. The quantitative estimate of drug-likeness (QED) is 0.662. The lowest BCUT2D eigenvalue weighted by molar-refractivity contribution is -0.137. The van der Waals surface area contributed by atoms with Crippen LogP contribution in [0.25, 0.3) is 0 Å². The Morgan fingerprint density at radius 3 is 2.67 bits per heavy atom. The highest BCUT2D eigenvalue weighted by molar-refractivity contribution is 5.98. The molecule has 1 aromatic carbocycles. The summed E-state index contributed by atoms with van der Waals surface area (Å²) in [5.74, 6) is -1.43. The third kappa shape index (κ3) is 4.55. The molecule has 0 bridgehead atoms. The molecule has 1 N–H and O–H groups in total. The van der Waals surface area contributed by atoms with E-state index in [1.54, 1.807) is 0 Å². The summed E-state index contributed by atoms with van der Waals surface area (Å²) in [5.41, 5.74) is -0.565. The Hall–Kier alpha value is -2.90. The van der Waals surface area contributed by atoms with E-state index in [9.17, 15) is 22.4 Å². The van der Waals surface area contributed by atoms with Crippen LogP contribution in [0.4, 0.5) is 23.2 Å². The number of nitrogens with zero attached hydrogens (tertiary/aromatic N) is 1. The van der Waals surface area contributed by atoms with Crippen molar-refractivity contribution in [1.29, 1.82) is 0 Å². The van der Waals surface area contributed by atoms with E-state index in [2.05, 4.69) is 16.9 Å². The minimum atomic E-state index is -4.51. The van der Waals surface area contributed by atoms with Crippen LogP contribution in [0.2, 0.25) is 0 Å². The summed E-state index contributed by atoms with van der Waals surface area (Å²) in [6.45, 7) is 2.98. The van der Waals surface area contributed by atoms with Gasteiger partial charge in [-0.05, 0) is 24.3 Å². The molecule has 0 aliphatic carbocycles. The van der Waals surface area contributed by atoms with Crippen LogP contribution in [0.3, 0.4) is 0 Å². The molecule has 0 atom stereocenters. The molecule has 0 aliphatic rings. The van der Waals surface area contributed by atoms with Gasteiger partial charge in [0.25, 0.3) is 0 Å². The summed E-state index contributed by atoms with van der Waals surface area (Å²) in [5, 5.41) is 2.37. The maximum atomic E-state index is 13.9. The minimum Gasteiger partial charge on any atom is -0.486 e. The van der Waals surface area contributed by atoms with Crippen molar-refractivity contribution in [3.8, 4) is 5.75 Å². The highest BCUT2D eigenvalue weighted by atomic mass is 19.4. The van der Waals surface area contributed by atoms with Crippen LogP contribution in [0.15, 0.2) is 49.3 Å². The first-order valence-corrected chi connectivity index (χ1v) is 6.66. The van der Waals surface area contributed by atoms with Crippen molar-refractivity contribution in [3.63, 3.8) is 0 Å². The molecule has 0 aliphatic heterocycles.